The van der Waals surface area contributed by atoms with Gasteiger partial charge in [0.1, 0.15) is 12.2 Å². The molecule has 0 unspecified atom stereocenters. The van der Waals surface area contributed by atoms with Gasteiger partial charge in [-0.15, -0.1) is 10.2 Å². The van der Waals surface area contributed by atoms with Gasteiger partial charge in [0.25, 0.3) is 10.0 Å². The molecular weight excluding hydrogens is 270 g/mol. The minimum Gasteiger partial charge on any atom is -0.381 e. The van der Waals surface area contributed by atoms with Crippen LogP contribution in [0.1, 0.15) is 5.82 Å². The van der Waals surface area contributed by atoms with Gasteiger partial charge in [-0.2, -0.15) is 0 Å². The van der Waals surface area contributed by atoms with Crippen molar-refractivity contribution in [2.45, 2.75) is 11.4 Å². The van der Waals surface area contributed by atoms with E-state index < -0.39 is 10.0 Å². The molecule has 0 fully saturated rings. The average molecular weight is 285 g/mol. The van der Waals surface area contributed by atoms with Crippen LogP contribution in [0.4, 0.5) is 5.82 Å². The lowest BCUT2D eigenvalue weighted by Crippen LogP contribution is -2.28. The quantitative estimate of drug-likeness (QED) is 0.701. The Balaban J connectivity index is 2.05. The van der Waals surface area contributed by atoms with Crippen molar-refractivity contribution < 1.29 is 8.42 Å². The summed E-state index contributed by atoms with van der Waals surface area (Å²) in [7, 11) is -0.312. The normalized spacial score (nSPS) is 11.9. The fourth-order valence-electron chi connectivity index (χ4n) is 1.66. The molecule has 0 spiro atoms. The Bertz CT molecular complexity index is 653. The van der Waals surface area contributed by atoms with Crippen LogP contribution in [0.5, 0.6) is 0 Å². The van der Waals surface area contributed by atoms with Crippen molar-refractivity contribution in [3.05, 3.63) is 18.5 Å². The second-order valence-corrected chi connectivity index (χ2v) is 5.73. The van der Waals surface area contributed by atoms with Crippen LogP contribution in [0.2, 0.25) is 0 Å². The van der Waals surface area contributed by atoms with Crippen LogP contribution in [-0.2, 0) is 30.5 Å². The molecule has 3 N–H and O–H groups in total. The maximum Gasteiger partial charge on any atom is 0.260 e. The molecule has 9 nitrogen and oxygen atoms in total. The highest BCUT2D eigenvalue weighted by molar-refractivity contribution is 7.89. The average Bonchev–Trinajstić information content (AvgIpc) is 2.86. The molecule has 0 aromatic carbocycles. The Labute approximate surface area is 110 Å². The molecule has 0 amide bonds. The SMILES string of the molecule is Cn1cnnc1CCNS(=O)(=O)c1c(N)ncn1C. The lowest BCUT2D eigenvalue weighted by atomic mass is 10.4. The Hall–Kier alpha value is -1.94. The van der Waals surface area contributed by atoms with Gasteiger partial charge in [0.15, 0.2) is 10.8 Å². The number of hydrogen-bond donors (Lipinski definition) is 2. The van der Waals surface area contributed by atoms with Crippen molar-refractivity contribution in [1.82, 2.24) is 29.0 Å². The topological polar surface area (TPSA) is 121 Å². The lowest BCUT2D eigenvalue weighted by molar-refractivity contribution is 0.570. The van der Waals surface area contributed by atoms with Gasteiger partial charge in [-0.05, 0) is 0 Å². The smallest absolute Gasteiger partial charge is 0.260 e. The molecule has 104 valence electrons. The van der Waals surface area contributed by atoms with E-state index in [0.717, 1.165) is 0 Å². The van der Waals surface area contributed by atoms with Gasteiger partial charge in [-0.25, -0.2) is 18.1 Å². The molecule has 2 aromatic heterocycles. The van der Waals surface area contributed by atoms with Crippen molar-refractivity contribution in [3.63, 3.8) is 0 Å². The van der Waals surface area contributed by atoms with E-state index in [4.69, 9.17) is 5.73 Å². The third kappa shape index (κ3) is 2.74. The number of imidazole rings is 1. The zero-order valence-electron chi connectivity index (χ0n) is 10.6. The number of nitrogens with zero attached hydrogens (tertiary/aromatic N) is 5. The number of anilines is 1. The summed E-state index contributed by atoms with van der Waals surface area (Å²) in [5, 5.41) is 7.55. The van der Waals surface area contributed by atoms with Gasteiger partial charge in [0.2, 0.25) is 0 Å². The Morgan fingerprint density at radius 2 is 2.05 bits per heavy atom. The fraction of sp³-hybridized carbons (Fsp3) is 0.444. The summed E-state index contributed by atoms with van der Waals surface area (Å²) in [6.07, 6.45) is 3.35. The summed E-state index contributed by atoms with van der Waals surface area (Å²) in [5.41, 5.74) is 5.54. The molecule has 0 bridgehead atoms. The van der Waals surface area contributed by atoms with Gasteiger partial charge >= 0.3 is 0 Å². The van der Waals surface area contributed by atoms with Crippen LogP contribution in [-0.4, -0.2) is 39.3 Å². The van der Waals surface area contributed by atoms with E-state index >= 15 is 0 Å². The summed E-state index contributed by atoms with van der Waals surface area (Å²) in [6, 6.07) is 0. The molecule has 0 aliphatic rings. The van der Waals surface area contributed by atoms with E-state index in [9.17, 15) is 8.42 Å². The van der Waals surface area contributed by atoms with Crippen LogP contribution < -0.4 is 10.5 Å². The maximum absolute atomic E-state index is 12.1. The Kier molecular flexibility index (Phi) is 3.53. The highest BCUT2D eigenvalue weighted by atomic mass is 32.2. The van der Waals surface area contributed by atoms with Gasteiger partial charge in [0.05, 0.1) is 6.33 Å². The first-order valence-electron chi connectivity index (χ1n) is 5.51. The first kappa shape index (κ1) is 13.5. The second kappa shape index (κ2) is 4.97. The number of aryl methyl sites for hydroxylation is 2. The van der Waals surface area contributed by atoms with Gasteiger partial charge < -0.3 is 14.9 Å². The van der Waals surface area contributed by atoms with E-state index in [0.29, 0.717) is 12.2 Å². The Morgan fingerprint density at radius 3 is 2.58 bits per heavy atom. The molecule has 2 rings (SSSR count). The van der Waals surface area contributed by atoms with Gasteiger partial charge in [0, 0.05) is 27.1 Å². The van der Waals surface area contributed by atoms with Crippen molar-refractivity contribution >= 4 is 15.8 Å². The molecule has 19 heavy (non-hydrogen) atoms. The van der Waals surface area contributed by atoms with Crippen LogP contribution >= 0.6 is 0 Å². The van der Waals surface area contributed by atoms with Gasteiger partial charge in [-0.3, -0.25) is 0 Å². The third-order valence-corrected chi connectivity index (χ3v) is 4.20. The van der Waals surface area contributed by atoms with Gasteiger partial charge in [-0.1, -0.05) is 0 Å². The summed E-state index contributed by atoms with van der Waals surface area (Å²) in [6.45, 7) is 0.208. The van der Waals surface area contributed by atoms with Crippen molar-refractivity contribution in [2.75, 3.05) is 12.3 Å². The van der Waals surface area contributed by atoms with E-state index in [1.54, 1.807) is 25.0 Å². The van der Waals surface area contributed by atoms with Crippen LogP contribution in [0, 0.1) is 0 Å². The molecule has 0 saturated heterocycles. The minimum absolute atomic E-state index is 0.0198. The number of rotatable bonds is 5. The van der Waals surface area contributed by atoms with E-state index in [2.05, 4.69) is 19.9 Å². The predicted octanol–water partition coefficient (Wildman–Crippen LogP) is -1.35. The summed E-state index contributed by atoms with van der Waals surface area (Å²) in [5.74, 6) is 0.675. The largest absolute Gasteiger partial charge is 0.381 e. The summed E-state index contributed by atoms with van der Waals surface area (Å²) in [4.78, 5) is 3.75. The lowest BCUT2D eigenvalue weighted by Gasteiger charge is -2.07. The zero-order chi connectivity index (χ0) is 14.0. The highest BCUT2D eigenvalue weighted by Crippen LogP contribution is 2.14. The Morgan fingerprint density at radius 1 is 1.32 bits per heavy atom. The molecule has 2 aromatic rings. The molecule has 0 radical (unpaired) electrons. The number of nitrogens with one attached hydrogen (secondary N) is 1. The van der Waals surface area contributed by atoms with Crippen LogP contribution in [0.15, 0.2) is 17.7 Å². The first-order chi connectivity index (χ1) is 8.92. The zero-order valence-corrected chi connectivity index (χ0v) is 11.4. The summed E-state index contributed by atoms with van der Waals surface area (Å²) < 4.78 is 29.7. The third-order valence-electron chi connectivity index (χ3n) is 2.61. The highest BCUT2D eigenvalue weighted by Gasteiger charge is 2.21. The number of aromatic nitrogens is 5. The van der Waals surface area contributed by atoms with Crippen LogP contribution in [0.25, 0.3) is 0 Å². The molecular formula is C9H15N7O2S. The first-order valence-corrected chi connectivity index (χ1v) is 6.99. The molecule has 2 heterocycles. The van der Waals surface area contributed by atoms with E-state index in [-0.39, 0.29) is 17.4 Å². The minimum atomic E-state index is -3.68. The standard InChI is InChI=1S/C9H15N7O2S/c1-15-6-12-14-7(15)3-4-13-19(17,18)9-8(10)11-5-16(9)2/h5-6,13H,3-4,10H2,1-2H3. The molecule has 0 saturated carbocycles. The number of nitrogen functional groups attached to an aromatic ring is 1. The molecule has 0 atom stereocenters. The van der Waals surface area contributed by atoms with E-state index in [1.807, 2.05) is 0 Å². The molecule has 0 aliphatic heterocycles. The predicted molar refractivity (Wildman–Crippen MR) is 67.5 cm³/mol. The van der Waals surface area contributed by atoms with E-state index in [1.165, 1.54) is 10.9 Å². The number of sulfonamides is 1. The van der Waals surface area contributed by atoms with Crippen molar-refractivity contribution in [2.24, 2.45) is 14.1 Å². The maximum atomic E-state index is 12.1. The van der Waals surface area contributed by atoms with Crippen LogP contribution in [0.3, 0.4) is 0 Å². The fourth-order valence-corrected chi connectivity index (χ4v) is 2.93. The molecule has 10 heteroatoms. The molecule has 0 aliphatic carbocycles. The summed E-state index contributed by atoms with van der Waals surface area (Å²) >= 11 is 0. The number of nitrogens with two attached hydrogens (primary N) is 1. The second-order valence-electron chi connectivity index (χ2n) is 4.05. The van der Waals surface area contributed by atoms with Crippen molar-refractivity contribution in [3.8, 4) is 0 Å². The number of hydrogen-bond acceptors (Lipinski definition) is 6. The van der Waals surface area contributed by atoms with Crippen molar-refractivity contribution in [1.29, 1.82) is 0 Å². The monoisotopic (exact) mass is 285 g/mol.